The number of piperidine rings is 1. The molecule has 3 heteroatoms. The number of likely N-dealkylation sites (tertiary alicyclic amines) is 1. The van der Waals surface area contributed by atoms with Crippen molar-refractivity contribution in [1.82, 2.24) is 4.90 Å². The van der Waals surface area contributed by atoms with E-state index < -0.39 is 0 Å². The molecule has 25 heavy (non-hydrogen) atoms. The Bertz CT molecular complexity index is 490. The minimum absolute atomic E-state index is 0.168. The van der Waals surface area contributed by atoms with Crippen LogP contribution in [0.3, 0.4) is 0 Å². The van der Waals surface area contributed by atoms with Crippen molar-refractivity contribution in [3.8, 4) is 0 Å². The number of ketones is 1. The first kappa shape index (κ1) is 18.7. The van der Waals surface area contributed by atoms with Crippen LogP contribution in [-0.4, -0.2) is 29.2 Å². The van der Waals surface area contributed by atoms with Gasteiger partial charge in [0.15, 0.2) is 0 Å². The first-order valence-corrected chi connectivity index (χ1v) is 10.7. The van der Waals surface area contributed by atoms with E-state index in [9.17, 15) is 9.59 Å². The summed E-state index contributed by atoms with van der Waals surface area (Å²) in [6.45, 7) is 4.98. The van der Waals surface area contributed by atoms with Gasteiger partial charge in [0.1, 0.15) is 5.78 Å². The van der Waals surface area contributed by atoms with E-state index in [0.29, 0.717) is 36.5 Å². The fourth-order valence-electron chi connectivity index (χ4n) is 5.29. The summed E-state index contributed by atoms with van der Waals surface area (Å²) in [6, 6.07) is 0.454. The van der Waals surface area contributed by atoms with Crippen LogP contribution >= 0.6 is 0 Å². The van der Waals surface area contributed by atoms with Gasteiger partial charge in [-0.15, -0.1) is 0 Å². The lowest BCUT2D eigenvalue weighted by Gasteiger charge is -2.44. The molecule has 140 valence electrons. The molecule has 2 saturated carbocycles. The number of hydrogen-bond donors (Lipinski definition) is 0. The molecule has 0 radical (unpaired) electrons. The van der Waals surface area contributed by atoms with Crippen molar-refractivity contribution in [1.29, 1.82) is 0 Å². The lowest BCUT2D eigenvalue weighted by molar-refractivity contribution is -0.133. The molecule has 0 spiro atoms. The smallest absolute Gasteiger partial charge is 0.249 e. The van der Waals surface area contributed by atoms with E-state index in [1.165, 1.54) is 51.4 Å². The second-order valence-corrected chi connectivity index (χ2v) is 8.51. The predicted octanol–water partition coefficient (Wildman–Crippen LogP) is 5.04. The average Bonchev–Trinajstić information content (AvgIpc) is 2.67. The van der Waals surface area contributed by atoms with E-state index in [-0.39, 0.29) is 5.91 Å². The van der Waals surface area contributed by atoms with E-state index in [1.54, 1.807) is 0 Å². The van der Waals surface area contributed by atoms with E-state index in [2.05, 4.69) is 11.5 Å². The molecule has 0 N–H and O–H groups in total. The highest BCUT2D eigenvalue weighted by Gasteiger charge is 2.36. The number of Topliss-reactive ketones (excluding diaryl/α,β-unsaturated/α-hetero) is 1. The number of hydrogen-bond acceptors (Lipinski definition) is 2. The summed E-state index contributed by atoms with van der Waals surface area (Å²) in [4.78, 5) is 27.3. The second kappa shape index (κ2) is 9.00. The van der Waals surface area contributed by atoms with Gasteiger partial charge in [-0.2, -0.15) is 0 Å². The summed E-state index contributed by atoms with van der Waals surface area (Å²) in [5, 5.41) is 0. The number of carbonyl (C=O) groups excluding carboxylic acids is 2. The standard InChI is InChI=1S/C22H35NO2/c1-17(9-7-15-21(24)19-11-3-2-4-12-19)22(25)23-16-8-13-18-10-5-6-14-20(18)23/h18-20H,1-16H2. The quantitative estimate of drug-likeness (QED) is 0.632. The summed E-state index contributed by atoms with van der Waals surface area (Å²) in [5.41, 5.74) is 0.725. The monoisotopic (exact) mass is 345 g/mol. The molecule has 1 amide bonds. The van der Waals surface area contributed by atoms with Crippen LogP contribution in [-0.2, 0) is 9.59 Å². The van der Waals surface area contributed by atoms with Gasteiger partial charge in [-0.25, -0.2) is 0 Å². The molecule has 3 fully saturated rings. The molecule has 1 saturated heterocycles. The van der Waals surface area contributed by atoms with Gasteiger partial charge in [0, 0.05) is 30.5 Å². The molecule has 2 atom stereocenters. The molecule has 2 unspecified atom stereocenters. The first-order chi connectivity index (χ1) is 12.2. The van der Waals surface area contributed by atoms with Gasteiger partial charge in [-0.1, -0.05) is 38.7 Å². The Balaban J connectivity index is 1.44. The second-order valence-electron chi connectivity index (χ2n) is 8.51. The maximum absolute atomic E-state index is 12.9. The van der Waals surface area contributed by atoms with Gasteiger partial charge in [-0.3, -0.25) is 9.59 Å². The molecule has 2 aliphatic carbocycles. The van der Waals surface area contributed by atoms with E-state index in [0.717, 1.165) is 37.8 Å². The van der Waals surface area contributed by atoms with Gasteiger partial charge in [0.2, 0.25) is 5.91 Å². The number of nitrogens with zero attached hydrogens (tertiary/aromatic N) is 1. The Morgan fingerprint density at radius 1 is 0.840 bits per heavy atom. The molecule has 0 bridgehead atoms. The number of fused-ring (bicyclic) bond motifs is 1. The van der Waals surface area contributed by atoms with Crippen molar-refractivity contribution in [3.63, 3.8) is 0 Å². The van der Waals surface area contributed by atoms with Gasteiger partial charge >= 0.3 is 0 Å². The van der Waals surface area contributed by atoms with E-state index in [1.807, 2.05) is 0 Å². The highest BCUT2D eigenvalue weighted by atomic mass is 16.2. The van der Waals surface area contributed by atoms with Crippen molar-refractivity contribution >= 4 is 11.7 Å². The Labute approximate surface area is 153 Å². The summed E-state index contributed by atoms with van der Waals surface area (Å²) in [6.07, 6.45) is 15.4. The van der Waals surface area contributed by atoms with Crippen LogP contribution in [0.15, 0.2) is 12.2 Å². The van der Waals surface area contributed by atoms with Crippen LogP contribution in [0.5, 0.6) is 0 Å². The van der Waals surface area contributed by atoms with Crippen molar-refractivity contribution < 1.29 is 9.59 Å². The molecular formula is C22H35NO2. The maximum Gasteiger partial charge on any atom is 0.249 e. The van der Waals surface area contributed by atoms with Crippen molar-refractivity contribution in [2.45, 2.75) is 95.9 Å². The molecule has 1 aliphatic heterocycles. The fourth-order valence-corrected chi connectivity index (χ4v) is 5.29. The van der Waals surface area contributed by atoms with E-state index in [4.69, 9.17) is 0 Å². The Hall–Kier alpha value is -1.12. The van der Waals surface area contributed by atoms with Crippen LogP contribution in [0.1, 0.15) is 89.9 Å². The first-order valence-electron chi connectivity index (χ1n) is 10.7. The minimum atomic E-state index is 0.168. The molecule has 1 heterocycles. The lowest BCUT2D eigenvalue weighted by atomic mass is 9.78. The molecule has 3 rings (SSSR count). The normalized spacial score (nSPS) is 27.6. The molecule has 3 nitrogen and oxygen atoms in total. The minimum Gasteiger partial charge on any atom is -0.336 e. The zero-order chi connectivity index (χ0) is 17.6. The summed E-state index contributed by atoms with van der Waals surface area (Å²) in [5.74, 6) is 1.60. The summed E-state index contributed by atoms with van der Waals surface area (Å²) in [7, 11) is 0. The van der Waals surface area contributed by atoms with Crippen molar-refractivity contribution in [2.24, 2.45) is 11.8 Å². The third-order valence-electron chi connectivity index (χ3n) is 6.77. The topological polar surface area (TPSA) is 37.4 Å². The predicted molar refractivity (Wildman–Crippen MR) is 101 cm³/mol. The highest BCUT2D eigenvalue weighted by Crippen LogP contribution is 2.36. The van der Waals surface area contributed by atoms with Crippen LogP contribution in [0, 0.1) is 11.8 Å². The number of rotatable bonds is 6. The SMILES string of the molecule is C=C(CCCC(=O)C1CCCCC1)C(=O)N1CCCC2CCCCC21. The van der Waals surface area contributed by atoms with Crippen LogP contribution in [0.2, 0.25) is 0 Å². The Kier molecular flexibility index (Phi) is 6.72. The van der Waals surface area contributed by atoms with Gasteiger partial charge < -0.3 is 4.90 Å². The maximum atomic E-state index is 12.9. The van der Waals surface area contributed by atoms with Crippen LogP contribution in [0.25, 0.3) is 0 Å². The molecule has 3 aliphatic rings. The van der Waals surface area contributed by atoms with Gasteiger partial charge in [-0.05, 0) is 57.3 Å². The number of carbonyl (C=O) groups is 2. The molecule has 0 aromatic heterocycles. The molecule has 0 aromatic carbocycles. The zero-order valence-electron chi connectivity index (χ0n) is 15.8. The fraction of sp³-hybridized carbons (Fsp3) is 0.818. The van der Waals surface area contributed by atoms with Crippen LogP contribution < -0.4 is 0 Å². The Morgan fingerprint density at radius 3 is 2.32 bits per heavy atom. The summed E-state index contributed by atoms with van der Waals surface area (Å²) < 4.78 is 0. The van der Waals surface area contributed by atoms with Crippen LogP contribution in [0.4, 0.5) is 0 Å². The highest BCUT2D eigenvalue weighted by molar-refractivity contribution is 5.93. The van der Waals surface area contributed by atoms with Crippen molar-refractivity contribution in [3.05, 3.63) is 12.2 Å². The summed E-state index contributed by atoms with van der Waals surface area (Å²) >= 11 is 0. The zero-order valence-corrected chi connectivity index (χ0v) is 15.8. The van der Waals surface area contributed by atoms with Gasteiger partial charge in [0.25, 0.3) is 0 Å². The number of amides is 1. The lowest BCUT2D eigenvalue weighted by Crippen LogP contribution is -2.50. The van der Waals surface area contributed by atoms with Crippen molar-refractivity contribution in [2.75, 3.05) is 6.54 Å². The molecule has 0 aromatic rings. The average molecular weight is 346 g/mol. The van der Waals surface area contributed by atoms with Gasteiger partial charge in [0.05, 0.1) is 0 Å². The molecular weight excluding hydrogens is 310 g/mol. The Morgan fingerprint density at radius 2 is 1.52 bits per heavy atom. The third-order valence-corrected chi connectivity index (χ3v) is 6.77. The third kappa shape index (κ3) is 4.74. The van der Waals surface area contributed by atoms with E-state index >= 15 is 0 Å². The largest absolute Gasteiger partial charge is 0.336 e.